The summed E-state index contributed by atoms with van der Waals surface area (Å²) in [6.07, 6.45) is 6.95. The lowest BCUT2D eigenvalue weighted by Gasteiger charge is -2.46. The van der Waals surface area contributed by atoms with E-state index in [4.69, 9.17) is 5.73 Å². The zero-order chi connectivity index (χ0) is 11.7. The molecule has 0 bridgehead atoms. The lowest BCUT2D eigenvalue weighted by atomic mass is 9.72. The van der Waals surface area contributed by atoms with E-state index in [0.717, 1.165) is 36.4 Å². The topological polar surface area (TPSA) is 29.3 Å². The Kier molecular flexibility index (Phi) is 3.91. The largest absolute Gasteiger partial charge is 0.330 e. The highest BCUT2D eigenvalue weighted by molar-refractivity contribution is 4.93. The Morgan fingerprint density at radius 3 is 2.50 bits per heavy atom. The lowest BCUT2D eigenvalue weighted by Crippen LogP contribution is -2.50. The highest BCUT2D eigenvalue weighted by atomic mass is 15.2. The van der Waals surface area contributed by atoms with Crippen molar-refractivity contribution in [3.8, 4) is 0 Å². The van der Waals surface area contributed by atoms with Crippen LogP contribution < -0.4 is 5.73 Å². The van der Waals surface area contributed by atoms with Crippen LogP contribution in [-0.2, 0) is 0 Å². The van der Waals surface area contributed by atoms with Gasteiger partial charge in [-0.05, 0) is 57.0 Å². The van der Waals surface area contributed by atoms with Gasteiger partial charge in [-0.15, -0.1) is 0 Å². The van der Waals surface area contributed by atoms with Crippen molar-refractivity contribution < 1.29 is 0 Å². The molecule has 2 atom stereocenters. The summed E-state index contributed by atoms with van der Waals surface area (Å²) in [6.45, 7) is 5.60. The zero-order valence-electron chi connectivity index (χ0n) is 11.2. The molecule has 0 spiro atoms. The summed E-state index contributed by atoms with van der Waals surface area (Å²) < 4.78 is 0. The molecule has 94 valence electrons. The van der Waals surface area contributed by atoms with Crippen LogP contribution in [0, 0.1) is 17.8 Å². The number of hydrogen-bond acceptors (Lipinski definition) is 2. The molecule has 0 amide bonds. The smallest absolute Gasteiger partial charge is 0.0135 e. The van der Waals surface area contributed by atoms with E-state index in [2.05, 4.69) is 25.8 Å². The van der Waals surface area contributed by atoms with E-state index in [1.807, 2.05) is 0 Å². The van der Waals surface area contributed by atoms with E-state index in [1.165, 1.54) is 32.1 Å². The maximum atomic E-state index is 5.87. The number of nitrogens with two attached hydrogens (primary N) is 1. The van der Waals surface area contributed by atoms with Gasteiger partial charge in [0.1, 0.15) is 0 Å². The van der Waals surface area contributed by atoms with Crippen LogP contribution in [0.15, 0.2) is 0 Å². The number of rotatable bonds is 4. The van der Waals surface area contributed by atoms with E-state index in [0.29, 0.717) is 0 Å². The number of nitrogens with zero attached hydrogens (tertiary/aromatic N) is 1. The Morgan fingerprint density at radius 2 is 1.94 bits per heavy atom. The van der Waals surface area contributed by atoms with E-state index in [1.54, 1.807) is 0 Å². The second-order valence-corrected chi connectivity index (χ2v) is 6.29. The summed E-state index contributed by atoms with van der Waals surface area (Å²) in [5, 5.41) is 0. The van der Waals surface area contributed by atoms with Gasteiger partial charge in [0, 0.05) is 12.1 Å². The van der Waals surface area contributed by atoms with Gasteiger partial charge in [0.25, 0.3) is 0 Å². The van der Waals surface area contributed by atoms with E-state index < -0.39 is 0 Å². The lowest BCUT2D eigenvalue weighted by molar-refractivity contribution is 0.0340. The second kappa shape index (κ2) is 5.05. The summed E-state index contributed by atoms with van der Waals surface area (Å²) in [5.74, 6) is 2.62. The van der Waals surface area contributed by atoms with Crippen molar-refractivity contribution in [1.29, 1.82) is 0 Å². The highest BCUT2D eigenvalue weighted by Gasteiger charge is 2.39. The minimum Gasteiger partial charge on any atom is -0.330 e. The maximum absolute atomic E-state index is 5.87. The van der Waals surface area contributed by atoms with Crippen LogP contribution in [0.5, 0.6) is 0 Å². The molecule has 0 aromatic heterocycles. The summed E-state index contributed by atoms with van der Waals surface area (Å²) in [5.41, 5.74) is 5.87. The summed E-state index contributed by atoms with van der Waals surface area (Å²) in [7, 11) is 2.33. The van der Waals surface area contributed by atoms with Gasteiger partial charge in [-0.2, -0.15) is 0 Å². The predicted molar refractivity (Wildman–Crippen MR) is 69.3 cm³/mol. The van der Waals surface area contributed by atoms with Gasteiger partial charge in [-0.3, -0.25) is 0 Å². The van der Waals surface area contributed by atoms with Crippen molar-refractivity contribution in [2.75, 3.05) is 13.6 Å². The van der Waals surface area contributed by atoms with Crippen molar-refractivity contribution in [3.63, 3.8) is 0 Å². The van der Waals surface area contributed by atoms with Crippen LogP contribution in [0.2, 0.25) is 0 Å². The molecular formula is C14H28N2. The van der Waals surface area contributed by atoms with Gasteiger partial charge < -0.3 is 10.6 Å². The van der Waals surface area contributed by atoms with Crippen molar-refractivity contribution in [3.05, 3.63) is 0 Å². The van der Waals surface area contributed by atoms with E-state index >= 15 is 0 Å². The maximum Gasteiger partial charge on any atom is 0.0135 e. The van der Waals surface area contributed by atoms with E-state index in [9.17, 15) is 0 Å². The van der Waals surface area contributed by atoms with Crippen molar-refractivity contribution in [1.82, 2.24) is 4.90 Å². The molecule has 2 aliphatic carbocycles. The molecule has 0 aromatic carbocycles. The van der Waals surface area contributed by atoms with Crippen LogP contribution in [0.4, 0.5) is 0 Å². The minimum atomic E-state index is 0.767. The summed E-state index contributed by atoms with van der Waals surface area (Å²) in [4.78, 5) is 2.66. The predicted octanol–water partition coefficient (Wildman–Crippen LogP) is 2.48. The molecule has 2 unspecified atom stereocenters. The Hall–Kier alpha value is -0.0800. The average molecular weight is 224 g/mol. The third kappa shape index (κ3) is 2.28. The zero-order valence-corrected chi connectivity index (χ0v) is 11.2. The fourth-order valence-corrected chi connectivity index (χ4v) is 3.61. The van der Waals surface area contributed by atoms with Gasteiger partial charge in [-0.1, -0.05) is 20.3 Å². The third-order valence-corrected chi connectivity index (χ3v) is 5.11. The summed E-state index contributed by atoms with van der Waals surface area (Å²) >= 11 is 0. The molecule has 0 aliphatic heterocycles. The Morgan fingerprint density at radius 1 is 1.25 bits per heavy atom. The fraction of sp³-hybridized carbons (Fsp3) is 1.00. The molecule has 0 aromatic rings. The Bertz CT molecular complexity index is 221. The molecule has 2 heteroatoms. The average Bonchev–Trinajstić information content (AvgIpc) is 2.61. The molecule has 0 radical (unpaired) electrons. The molecular weight excluding hydrogens is 196 g/mol. The molecule has 2 N–H and O–H groups in total. The monoisotopic (exact) mass is 224 g/mol. The normalized spacial score (nSPS) is 39.4. The van der Waals surface area contributed by atoms with Gasteiger partial charge in [0.2, 0.25) is 0 Å². The van der Waals surface area contributed by atoms with Gasteiger partial charge in [-0.25, -0.2) is 0 Å². The molecule has 0 heterocycles. The molecule has 2 saturated carbocycles. The van der Waals surface area contributed by atoms with E-state index in [-0.39, 0.29) is 0 Å². The van der Waals surface area contributed by atoms with Gasteiger partial charge in [0.15, 0.2) is 0 Å². The van der Waals surface area contributed by atoms with Crippen molar-refractivity contribution in [2.45, 2.75) is 58.0 Å². The number of hydrogen-bond donors (Lipinski definition) is 1. The highest BCUT2D eigenvalue weighted by Crippen LogP contribution is 2.40. The Balaban J connectivity index is 1.82. The Labute approximate surface area is 101 Å². The first-order valence-corrected chi connectivity index (χ1v) is 7.05. The van der Waals surface area contributed by atoms with Gasteiger partial charge in [0.05, 0.1) is 0 Å². The second-order valence-electron chi connectivity index (χ2n) is 6.29. The molecule has 2 fully saturated rings. The SMILES string of the molecule is CC(C)C1CC(N(C)C2CCCC2CN)C1. The molecule has 2 nitrogen and oxygen atoms in total. The third-order valence-electron chi connectivity index (χ3n) is 5.11. The first-order valence-electron chi connectivity index (χ1n) is 7.05. The van der Waals surface area contributed by atoms with Crippen LogP contribution in [0.25, 0.3) is 0 Å². The van der Waals surface area contributed by atoms with Gasteiger partial charge >= 0.3 is 0 Å². The van der Waals surface area contributed by atoms with Crippen molar-refractivity contribution in [2.24, 2.45) is 23.5 Å². The fourth-order valence-electron chi connectivity index (χ4n) is 3.61. The van der Waals surface area contributed by atoms with Crippen LogP contribution in [0.1, 0.15) is 46.0 Å². The molecule has 16 heavy (non-hydrogen) atoms. The van der Waals surface area contributed by atoms with Crippen LogP contribution in [-0.4, -0.2) is 30.6 Å². The van der Waals surface area contributed by atoms with Crippen LogP contribution >= 0.6 is 0 Å². The first-order chi connectivity index (χ1) is 7.63. The first kappa shape index (κ1) is 12.4. The minimum absolute atomic E-state index is 0.767. The summed E-state index contributed by atoms with van der Waals surface area (Å²) in [6, 6.07) is 1.63. The quantitative estimate of drug-likeness (QED) is 0.795. The molecule has 2 rings (SSSR count). The van der Waals surface area contributed by atoms with Crippen molar-refractivity contribution >= 4 is 0 Å². The van der Waals surface area contributed by atoms with Crippen LogP contribution in [0.3, 0.4) is 0 Å². The standard InChI is InChI=1S/C14H28N2/c1-10(2)12-7-13(8-12)16(3)14-6-4-5-11(14)9-15/h10-14H,4-9,15H2,1-3H3. The molecule has 0 saturated heterocycles. The molecule has 2 aliphatic rings.